The molecule has 0 aliphatic heterocycles. The Morgan fingerprint density at radius 2 is 1.91 bits per heavy atom. The third kappa shape index (κ3) is 3.72. The molecule has 0 fully saturated rings. The van der Waals surface area contributed by atoms with Gasteiger partial charge in [-0.1, -0.05) is 6.07 Å². The largest absolute Gasteiger partial charge is 0.457 e. The number of nitrogens with zero attached hydrogens (tertiary/aromatic N) is 1. The molecule has 0 radical (unpaired) electrons. The second-order valence-electron chi connectivity index (χ2n) is 4.43. The highest BCUT2D eigenvalue weighted by Crippen LogP contribution is 2.33. The number of rotatable bonds is 4. The zero-order chi connectivity index (χ0) is 16.2. The Labute approximate surface area is 125 Å². The van der Waals surface area contributed by atoms with Crippen molar-refractivity contribution in [3.8, 4) is 11.5 Å². The minimum Gasteiger partial charge on any atom is -0.457 e. The molecule has 0 aromatic heterocycles. The highest BCUT2D eigenvalue weighted by atomic mass is 19.4. The molecule has 0 bridgehead atoms. The van der Waals surface area contributed by atoms with E-state index in [-0.39, 0.29) is 5.75 Å². The van der Waals surface area contributed by atoms with Gasteiger partial charge >= 0.3 is 6.18 Å². The van der Waals surface area contributed by atoms with E-state index >= 15 is 0 Å². The van der Waals surface area contributed by atoms with Crippen LogP contribution in [0.2, 0.25) is 0 Å². The molecule has 0 atom stereocenters. The van der Waals surface area contributed by atoms with Crippen molar-refractivity contribution in [2.45, 2.75) is 6.18 Å². The molecule has 3 nitrogen and oxygen atoms in total. The first kappa shape index (κ1) is 15.8. The second-order valence-corrected chi connectivity index (χ2v) is 4.43. The van der Waals surface area contributed by atoms with Crippen molar-refractivity contribution in [1.82, 2.24) is 0 Å². The summed E-state index contributed by atoms with van der Waals surface area (Å²) >= 11 is 0. The predicted molar refractivity (Wildman–Crippen MR) is 76.9 cm³/mol. The van der Waals surface area contributed by atoms with Gasteiger partial charge < -0.3 is 4.74 Å². The smallest absolute Gasteiger partial charge is 0.416 e. The lowest BCUT2D eigenvalue weighted by Gasteiger charge is -2.11. The fourth-order valence-electron chi connectivity index (χ4n) is 1.84. The van der Waals surface area contributed by atoms with Crippen LogP contribution in [0.1, 0.15) is 21.5 Å². The van der Waals surface area contributed by atoms with E-state index in [1.807, 2.05) is 0 Å². The summed E-state index contributed by atoms with van der Waals surface area (Å²) in [5.41, 5.74) is 0.135. The minimum absolute atomic E-state index is 0.0550. The van der Waals surface area contributed by atoms with Gasteiger partial charge in [0.15, 0.2) is 0 Å². The Morgan fingerprint density at radius 1 is 1.14 bits per heavy atom. The van der Waals surface area contributed by atoms with Gasteiger partial charge in [0.25, 0.3) is 0 Å². The molecule has 22 heavy (non-hydrogen) atoms. The summed E-state index contributed by atoms with van der Waals surface area (Å²) in [5.74, 6) is 0.370. The molecule has 2 aromatic carbocycles. The molecule has 2 rings (SSSR count). The minimum atomic E-state index is -4.44. The van der Waals surface area contributed by atoms with E-state index in [1.165, 1.54) is 30.5 Å². The van der Waals surface area contributed by atoms with Gasteiger partial charge in [0.2, 0.25) is 0 Å². The molecule has 0 aliphatic carbocycles. The summed E-state index contributed by atoms with van der Waals surface area (Å²) in [5, 5.41) is 0. The number of aldehydes is 1. The molecular formula is C16H12F3NO2. The zero-order valence-corrected chi connectivity index (χ0v) is 11.6. The van der Waals surface area contributed by atoms with E-state index in [1.54, 1.807) is 13.1 Å². The fourth-order valence-corrected chi connectivity index (χ4v) is 1.84. The van der Waals surface area contributed by atoms with Crippen molar-refractivity contribution in [2.24, 2.45) is 4.99 Å². The number of carbonyl (C=O) groups excluding carboxylic acids is 1. The maximum atomic E-state index is 12.7. The summed E-state index contributed by atoms with van der Waals surface area (Å²) in [6.07, 6.45) is -2.30. The van der Waals surface area contributed by atoms with Gasteiger partial charge in [-0.05, 0) is 36.4 Å². The average Bonchev–Trinajstić information content (AvgIpc) is 2.49. The lowest BCUT2D eigenvalue weighted by molar-refractivity contribution is -0.137. The molecule has 0 saturated carbocycles. The quantitative estimate of drug-likeness (QED) is 0.622. The SMILES string of the molecule is CN=Cc1cc(C=O)ccc1Oc1cccc(C(F)(F)F)c1. The van der Waals surface area contributed by atoms with Crippen molar-refractivity contribution < 1.29 is 22.7 Å². The van der Waals surface area contributed by atoms with Crippen LogP contribution in [0, 0.1) is 0 Å². The Balaban J connectivity index is 2.36. The van der Waals surface area contributed by atoms with E-state index in [2.05, 4.69) is 4.99 Å². The Bertz CT molecular complexity index is 709. The summed E-state index contributed by atoms with van der Waals surface area (Å²) in [6, 6.07) is 9.16. The highest BCUT2D eigenvalue weighted by Gasteiger charge is 2.30. The van der Waals surface area contributed by atoms with E-state index in [0.29, 0.717) is 23.2 Å². The van der Waals surface area contributed by atoms with Crippen LogP contribution in [0.15, 0.2) is 47.5 Å². The molecule has 0 unspecified atom stereocenters. The molecule has 0 spiro atoms. The third-order valence-corrected chi connectivity index (χ3v) is 2.83. The molecule has 6 heteroatoms. The van der Waals surface area contributed by atoms with Crippen LogP contribution in [0.4, 0.5) is 13.2 Å². The second kappa shape index (κ2) is 6.43. The number of halogens is 3. The summed E-state index contributed by atoms with van der Waals surface area (Å²) in [6.45, 7) is 0. The molecule has 0 amide bonds. The maximum absolute atomic E-state index is 12.7. The molecule has 0 heterocycles. The van der Waals surface area contributed by atoms with Crippen molar-refractivity contribution in [3.05, 3.63) is 59.2 Å². The number of aliphatic imine (C=N–C) groups is 1. The normalized spacial score (nSPS) is 11.6. The summed E-state index contributed by atoms with van der Waals surface area (Å²) in [4.78, 5) is 14.6. The van der Waals surface area contributed by atoms with Crippen LogP contribution in [0.25, 0.3) is 0 Å². The van der Waals surface area contributed by atoms with Gasteiger partial charge in [-0.2, -0.15) is 13.2 Å². The van der Waals surface area contributed by atoms with Crippen LogP contribution in [0.3, 0.4) is 0 Å². The number of benzene rings is 2. The first-order valence-corrected chi connectivity index (χ1v) is 6.30. The van der Waals surface area contributed by atoms with Crippen LogP contribution in [0.5, 0.6) is 11.5 Å². The van der Waals surface area contributed by atoms with E-state index in [9.17, 15) is 18.0 Å². The molecular weight excluding hydrogens is 295 g/mol. The first-order valence-electron chi connectivity index (χ1n) is 6.30. The number of ether oxygens (including phenoxy) is 1. The lowest BCUT2D eigenvalue weighted by atomic mass is 10.1. The van der Waals surface area contributed by atoms with Crippen LogP contribution in [-0.2, 0) is 6.18 Å². The van der Waals surface area contributed by atoms with Crippen LogP contribution >= 0.6 is 0 Å². The maximum Gasteiger partial charge on any atom is 0.416 e. The monoisotopic (exact) mass is 307 g/mol. The summed E-state index contributed by atoms with van der Waals surface area (Å²) in [7, 11) is 1.54. The first-order chi connectivity index (χ1) is 10.4. The van der Waals surface area contributed by atoms with Crippen molar-refractivity contribution in [3.63, 3.8) is 0 Å². The molecule has 0 aliphatic rings. The van der Waals surface area contributed by atoms with Gasteiger partial charge in [-0.3, -0.25) is 9.79 Å². The topological polar surface area (TPSA) is 38.7 Å². The Hall–Kier alpha value is -2.63. The van der Waals surface area contributed by atoms with Gasteiger partial charge in [0, 0.05) is 24.4 Å². The molecule has 114 valence electrons. The molecule has 2 aromatic rings. The van der Waals surface area contributed by atoms with Gasteiger partial charge in [-0.15, -0.1) is 0 Å². The van der Waals surface area contributed by atoms with Gasteiger partial charge in [-0.25, -0.2) is 0 Å². The van der Waals surface area contributed by atoms with E-state index < -0.39 is 11.7 Å². The van der Waals surface area contributed by atoms with E-state index in [0.717, 1.165) is 12.1 Å². The average molecular weight is 307 g/mol. The van der Waals surface area contributed by atoms with Gasteiger partial charge in [0.1, 0.15) is 17.8 Å². The third-order valence-electron chi connectivity index (χ3n) is 2.83. The number of hydrogen-bond donors (Lipinski definition) is 0. The molecule has 0 saturated heterocycles. The Kier molecular flexibility index (Phi) is 4.60. The highest BCUT2D eigenvalue weighted by molar-refractivity contribution is 5.87. The molecule has 0 N–H and O–H groups in total. The van der Waals surface area contributed by atoms with Crippen LogP contribution in [-0.4, -0.2) is 19.5 Å². The summed E-state index contributed by atoms with van der Waals surface area (Å²) < 4.78 is 43.6. The Morgan fingerprint density at radius 3 is 2.55 bits per heavy atom. The van der Waals surface area contributed by atoms with E-state index in [4.69, 9.17) is 4.74 Å². The van der Waals surface area contributed by atoms with Crippen LogP contribution < -0.4 is 4.74 Å². The number of alkyl halides is 3. The van der Waals surface area contributed by atoms with Crippen molar-refractivity contribution in [1.29, 1.82) is 0 Å². The standard InChI is InChI=1S/C16H12F3NO2/c1-20-9-12-7-11(10-21)5-6-15(12)22-14-4-2-3-13(8-14)16(17,18)19/h2-10H,1H3. The number of hydrogen-bond acceptors (Lipinski definition) is 3. The zero-order valence-electron chi connectivity index (χ0n) is 11.6. The van der Waals surface area contributed by atoms with Crippen molar-refractivity contribution in [2.75, 3.05) is 7.05 Å². The fraction of sp³-hybridized carbons (Fsp3) is 0.125. The number of carbonyl (C=O) groups is 1. The van der Waals surface area contributed by atoms with Crippen molar-refractivity contribution >= 4 is 12.5 Å². The predicted octanol–water partition coefficient (Wildman–Crippen LogP) is 4.36. The van der Waals surface area contributed by atoms with Gasteiger partial charge in [0.05, 0.1) is 5.56 Å². The lowest BCUT2D eigenvalue weighted by Crippen LogP contribution is -2.04.